The first-order valence-corrected chi connectivity index (χ1v) is 7.09. The molecular weight excluding hydrogens is 344 g/mol. The van der Waals surface area contributed by atoms with Crippen molar-refractivity contribution in [1.29, 1.82) is 0 Å². The van der Waals surface area contributed by atoms with Crippen molar-refractivity contribution in [3.05, 3.63) is 60.7 Å². The van der Waals surface area contributed by atoms with E-state index < -0.39 is 5.75 Å². The lowest BCUT2D eigenvalue weighted by Crippen LogP contribution is -1.67. The number of rotatable bonds is 0. The van der Waals surface area contributed by atoms with E-state index in [-0.39, 0.29) is 40.2 Å². The highest BCUT2D eigenvalue weighted by atomic mass is 16.3. The number of benzene rings is 3. The summed E-state index contributed by atoms with van der Waals surface area (Å²) in [5.74, 6) is -1.69. The third kappa shape index (κ3) is 6.67. The minimum absolute atomic E-state index is 0.0764. The third-order valence-electron chi connectivity index (χ3n) is 2.76. The van der Waals surface area contributed by atoms with Crippen LogP contribution in [0.1, 0.15) is 0 Å². The van der Waals surface area contributed by atoms with Crippen LogP contribution in [0.5, 0.6) is 46.0 Å². The summed E-state index contributed by atoms with van der Waals surface area (Å²) in [6, 6.07) is 13.6. The molecule has 0 heterocycles. The second kappa shape index (κ2) is 9.38. The van der Waals surface area contributed by atoms with E-state index in [1.54, 1.807) is 12.1 Å². The largest absolute Gasteiger partial charge is 0.508 e. The van der Waals surface area contributed by atoms with Crippen LogP contribution in [0, 0.1) is 0 Å². The smallest absolute Gasteiger partial charge is 0.200 e. The molecule has 0 aliphatic carbocycles. The van der Waals surface area contributed by atoms with Crippen LogP contribution >= 0.6 is 0 Å². The summed E-state index contributed by atoms with van der Waals surface area (Å²) in [6.07, 6.45) is 0. The molecule has 0 fully saturated rings. The Morgan fingerprint density at radius 1 is 0.385 bits per heavy atom. The summed E-state index contributed by atoms with van der Waals surface area (Å²) in [6.45, 7) is 0. The molecule has 3 rings (SSSR count). The van der Waals surface area contributed by atoms with Crippen molar-refractivity contribution in [2.45, 2.75) is 0 Å². The zero-order chi connectivity index (χ0) is 19.7. The first-order chi connectivity index (χ1) is 12.2. The van der Waals surface area contributed by atoms with Crippen molar-refractivity contribution in [3.63, 3.8) is 0 Å². The van der Waals surface area contributed by atoms with Crippen molar-refractivity contribution < 1.29 is 40.9 Å². The van der Waals surface area contributed by atoms with E-state index in [4.69, 9.17) is 40.9 Å². The molecule has 0 unspecified atom stereocenters. The molecule has 0 atom stereocenters. The van der Waals surface area contributed by atoms with Crippen LogP contribution in [0.25, 0.3) is 0 Å². The number of phenolic OH excluding ortho intramolecular Hbond substituents is 8. The molecule has 0 spiro atoms. The molecule has 0 aliphatic heterocycles. The van der Waals surface area contributed by atoms with Gasteiger partial charge in [-0.2, -0.15) is 0 Å². The summed E-state index contributed by atoms with van der Waals surface area (Å²) in [7, 11) is 0. The van der Waals surface area contributed by atoms with Gasteiger partial charge in [-0.15, -0.1) is 0 Å². The molecule has 0 saturated heterocycles. The zero-order valence-electron chi connectivity index (χ0n) is 13.4. The van der Waals surface area contributed by atoms with E-state index in [0.717, 1.165) is 18.2 Å². The van der Waals surface area contributed by atoms with Gasteiger partial charge in [0.05, 0.1) is 0 Å². The molecule has 138 valence electrons. The molecule has 8 heteroatoms. The quantitative estimate of drug-likeness (QED) is 0.283. The maximum Gasteiger partial charge on any atom is 0.200 e. The number of para-hydroxylation sites is 3. The Hall–Kier alpha value is -3.94. The highest BCUT2D eigenvalue weighted by Crippen LogP contribution is 2.32. The maximum atomic E-state index is 8.71. The third-order valence-corrected chi connectivity index (χ3v) is 2.76. The van der Waals surface area contributed by atoms with Gasteiger partial charge in [-0.1, -0.05) is 18.2 Å². The van der Waals surface area contributed by atoms with Crippen LogP contribution < -0.4 is 0 Å². The second-order valence-electron chi connectivity index (χ2n) is 4.84. The topological polar surface area (TPSA) is 162 Å². The monoisotopic (exact) mass is 362 g/mol. The minimum Gasteiger partial charge on any atom is -0.508 e. The standard InChI is InChI=1S/2C6H6O3.C6H6O2/c7-4-1-5(8)3-6(9)2-4;7-4-2-1-3-5(8)6(4)9;7-5-3-1-2-4-6(5)8/h2*1-3,7-9H;1-4,7-8H. The normalized spacial score (nSPS) is 9.23. The van der Waals surface area contributed by atoms with Gasteiger partial charge in [0.2, 0.25) is 0 Å². The molecule has 0 aromatic heterocycles. The minimum atomic E-state index is -0.475. The molecule has 3 aromatic rings. The zero-order valence-corrected chi connectivity index (χ0v) is 13.4. The molecule has 0 bridgehead atoms. The van der Waals surface area contributed by atoms with Gasteiger partial charge < -0.3 is 40.9 Å². The highest BCUT2D eigenvalue weighted by Gasteiger charge is 2.01. The van der Waals surface area contributed by atoms with Crippen LogP contribution in [0.15, 0.2) is 60.7 Å². The molecule has 0 radical (unpaired) electrons. The van der Waals surface area contributed by atoms with E-state index in [2.05, 4.69) is 0 Å². The molecule has 26 heavy (non-hydrogen) atoms. The lowest BCUT2D eigenvalue weighted by atomic mass is 10.3. The molecule has 8 N–H and O–H groups in total. The predicted octanol–water partition coefficient (Wildman–Crippen LogP) is 2.70. The molecule has 0 aliphatic rings. The van der Waals surface area contributed by atoms with Crippen LogP contribution in [0.2, 0.25) is 0 Å². The van der Waals surface area contributed by atoms with Crippen LogP contribution in [0.3, 0.4) is 0 Å². The van der Waals surface area contributed by atoms with Gasteiger partial charge in [-0.05, 0) is 24.3 Å². The molecule has 3 aromatic carbocycles. The Morgan fingerprint density at radius 2 is 0.692 bits per heavy atom. The van der Waals surface area contributed by atoms with E-state index >= 15 is 0 Å². The van der Waals surface area contributed by atoms with Crippen molar-refractivity contribution >= 4 is 0 Å². The van der Waals surface area contributed by atoms with E-state index in [9.17, 15) is 0 Å². The summed E-state index contributed by atoms with van der Waals surface area (Å²) >= 11 is 0. The van der Waals surface area contributed by atoms with Crippen molar-refractivity contribution in [2.24, 2.45) is 0 Å². The Kier molecular flexibility index (Phi) is 7.25. The fourth-order valence-corrected chi connectivity index (χ4v) is 1.56. The van der Waals surface area contributed by atoms with Gasteiger partial charge in [0.25, 0.3) is 0 Å². The van der Waals surface area contributed by atoms with Crippen molar-refractivity contribution in [1.82, 2.24) is 0 Å². The Bertz CT molecular complexity index is 757. The van der Waals surface area contributed by atoms with Gasteiger partial charge in [0.15, 0.2) is 28.7 Å². The van der Waals surface area contributed by atoms with Gasteiger partial charge in [0, 0.05) is 18.2 Å². The van der Waals surface area contributed by atoms with E-state index in [1.807, 2.05) is 0 Å². The predicted molar refractivity (Wildman–Crippen MR) is 92.6 cm³/mol. The molecule has 0 saturated carbocycles. The first-order valence-electron chi connectivity index (χ1n) is 7.09. The van der Waals surface area contributed by atoms with Crippen molar-refractivity contribution in [2.75, 3.05) is 0 Å². The Balaban J connectivity index is 0.000000195. The summed E-state index contributed by atoms with van der Waals surface area (Å²) in [5, 5.41) is 69.4. The van der Waals surface area contributed by atoms with Crippen molar-refractivity contribution in [3.8, 4) is 46.0 Å². The fourth-order valence-electron chi connectivity index (χ4n) is 1.56. The number of hydrogen-bond acceptors (Lipinski definition) is 8. The van der Waals surface area contributed by atoms with Crippen LogP contribution in [-0.2, 0) is 0 Å². The number of hydrogen-bond donors (Lipinski definition) is 8. The summed E-state index contributed by atoms with van der Waals surface area (Å²) < 4.78 is 0. The van der Waals surface area contributed by atoms with Gasteiger partial charge in [0.1, 0.15) is 17.2 Å². The average Bonchev–Trinajstić information content (AvgIpc) is 2.55. The SMILES string of the molecule is Oc1cc(O)cc(O)c1.Oc1cccc(O)c1O.Oc1ccccc1O. The Morgan fingerprint density at radius 3 is 0.962 bits per heavy atom. The molecule has 8 nitrogen and oxygen atoms in total. The first kappa shape index (κ1) is 20.1. The van der Waals surface area contributed by atoms with Gasteiger partial charge in [-0.25, -0.2) is 0 Å². The number of phenols is 8. The molecule has 0 amide bonds. The van der Waals surface area contributed by atoms with Crippen LogP contribution in [-0.4, -0.2) is 40.9 Å². The summed E-state index contributed by atoms with van der Waals surface area (Å²) in [4.78, 5) is 0. The number of aromatic hydroxyl groups is 8. The highest BCUT2D eigenvalue weighted by molar-refractivity contribution is 5.47. The lowest BCUT2D eigenvalue weighted by molar-refractivity contribution is 0.368. The summed E-state index contributed by atoms with van der Waals surface area (Å²) in [5.41, 5.74) is 0. The average molecular weight is 362 g/mol. The van der Waals surface area contributed by atoms with Gasteiger partial charge in [-0.3, -0.25) is 0 Å². The second-order valence-corrected chi connectivity index (χ2v) is 4.84. The lowest BCUT2D eigenvalue weighted by Gasteiger charge is -1.96. The van der Waals surface area contributed by atoms with E-state index in [0.29, 0.717) is 0 Å². The molecular formula is C18H18O8. The fraction of sp³-hybridized carbons (Fsp3) is 0. The van der Waals surface area contributed by atoms with E-state index in [1.165, 1.54) is 30.3 Å². The van der Waals surface area contributed by atoms with Crippen LogP contribution in [0.4, 0.5) is 0 Å². The Labute approximate surface area is 148 Å². The maximum absolute atomic E-state index is 8.71. The van der Waals surface area contributed by atoms with Gasteiger partial charge >= 0.3 is 0 Å².